The van der Waals surface area contributed by atoms with Crippen LogP contribution < -0.4 is 16.1 Å². The number of ether oxygens (including phenoxy) is 1. The second-order valence-corrected chi connectivity index (χ2v) is 6.83. The lowest BCUT2D eigenvalue weighted by atomic mass is 9.96. The van der Waals surface area contributed by atoms with Crippen LogP contribution in [-0.2, 0) is 10.9 Å². The number of aromatic nitrogens is 2. The first-order valence-corrected chi connectivity index (χ1v) is 9.07. The third-order valence-corrected chi connectivity index (χ3v) is 4.57. The molecule has 1 fully saturated rings. The van der Waals surface area contributed by atoms with Gasteiger partial charge >= 0.3 is 6.18 Å². The fourth-order valence-corrected chi connectivity index (χ4v) is 2.95. The van der Waals surface area contributed by atoms with Gasteiger partial charge in [-0.25, -0.2) is 14.4 Å². The van der Waals surface area contributed by atoms with Gasteiger partial charge in [-0.2, -0.15) is 13.2 Å². The van der Waals surface area contributed by atoms with Gasteiger partial charge in [-0.1, -0.05) is 11.5 Å². The van der Waals surface area contributed by atoms with Crippen molar-refractivity contribution in [2.24, 2.45) is 5.92 Å². The smallest absolute Gasteiger partial charge is 0.381 e. The van der Waals surface area contributed by atoms with Gasteiger partial charge in [0.05, 0.1) is 11.3 Å². The van der Waals surface area contributed by atoms with Crippen LogP contribution >= 0.6 is 0 Å². The summed E-state index contributed by atoms with van der Waals surface area (Å²) in [5.41, 5.74) is -1.48. The molecule has 1 aromatic heterocycles. The van der Waals surface area contributed by atoms with Crippen LogP contribution in [0.2, 0.25) is 0 Å². The van der Waals surface area contributed by atoms with Crippen molar-refractivity contribution in [3.63, 3.8) is 0 Å². The van der Waals surface area contributed by atoms with Crippen molar-refractivity contribution in [2.45, 2.75) is 19.0 Å². The summed E-state index contributed by atoms with van der Waals surface area (Å²) in [4.78, 5) is 19.5. The Kier molecular flexibility index (Phi) is 6.36. The van der Waals surface area contributed by atoms with Crippen molar-refractivity contribution in [2.75, 3.05) is 25.1 Å². The molecular weight excluding hydrogens is 391 g/mol. The van der Waals surface area contributed by atoms with E-state index in [1.165, 1.54) is 12.1 Å². The van der Waals surface area contributed by atoms with Gasteiger partial charge in [-0.3, -0.25) is 4.79 Å². The van der Waals surface area contributed by atoms with Gasteiger partial charge in [0.2, 0.25) is 5.95 Å². The van der Waals surface area contributed by atoms with E-state index in [4.69, 9.17) is 4.74 Å². The number of carbonyl (C=O) groups is 1. The van der Waals surface area contributed by atoms with E-state index in [-0.39, 0.29) is 18.2 Å². The molecule has 2 aromatic rings. The number of carbonyl (C=O) groups excluding carboxylic acids is 1. The minimum absolute atomic E-state index is 0.0690. The first-order valence-electron chi connectivity index (χ1n) is 9.07. The summed E-state index contributed by atoms with van der Waals surface area (Å²) in [6.07, 6.45) is -2.62. The average Bonchev–Trinajstić information content (AvgIpc) is 2.68. The fourth-order valence-electron chi connectivity index (χ4n) is 2.95. The minimum Gasteiger partial charge on any atom is -0.381 e. The number of anilines is 2. The monoisotopic (exact) mass is 410 g/mol. The summed E-state index contributed by atoms with van der Waals surface area (Å²) in [6.45, 7) is 1.37. The second-order valence-electron chi connectivity index (χ2n) is 6.83. The lowest BCUT2D eigenvalue weighted by molar-refractivity contribution is -0.141. The van der Waals surface area contributed by atoms with Crippen LogP contribution in [0, 0.1) is 11.7 Å². The van der Waals surface area contributed by atoms with Gasteiger partial charge in [0.15, 0.2) is 5.69 Å². The van der Waals surface area contributed by atoms with E-state index in [1.54, 1.807) is 13.9 Å². The van der Waals surface area contributed by atoms with Crippen LogP contribution in [0.4, 0.5) is 29.2 Å². The SMILES string of the molecule is Bc1ccc(Nc2ncc(C(=O)NCC3CCOCC3)c(C(F)(F)F)n2)c(F)c1. The number of benzene rings is 1. The Morgan fingerprint density at radius 3 is 2.66 bits per heavy atom. The van der Waals surface area contributed by atoms with E-state index >= 15 is 0 Å². The summed E-state index contributed by atoms with van der Waals surface area (Å²) in [5.74, 6) is -1.87. The summed E-state index contributed by atoms with van der Waals surface area (Å²) in [6, 6.07) is 4.19. The maximum atomic E-state index is 13.9. The van der Waals surface area contributed by atoms with E-state index in [0.29, 0.717) is 18.7 Å². The fraction of sp³-hybridized carbons (Fsp3) is 0.389. The number of rotatable bonds is 5. The molecule has 1 amide bonds. The molecule has 0 spiro atoms. The highest BCUT2D eigenvalue weighted by Gasteiger charge is 2.38. The Morgan fingerprint density at radius 2 is 2.00 bits per heavy atom. The maximum Gasteiger partial charge on any atom is 0.434 e. The molecule has 0 bridgehead atoms. The van der Waals surface area contributed by atoms with Gasteiger partial charge in [-0.15, -0.1) is 0 Å². The molecule has 1 aliphatic heterocycles. The first-order chi connectivity index (χ1) is 13.7. The van der Waals surface area contributed by atoms with Crippen molar-refractivity contribution in [1.82, 2.24) is 15.3 Å². The molecule has 2 N–H and O–H groups in total. The first kappa shape index (κ1) is 21.0. The molecule has 2 heterocycles. The van der Waals surface area contributed by atoms with Crippen LogP contribution in [0.15, 0.2) is 24.4 Å². The highest BCUT2D eigenvalue weighted by atomic mass is 19.4. The molecule has 0 atom stereocenters. The lowest BCUT2D eigenvalue weighted by Crippen LogP contribution is -2.33. The van der Waals surface area contributed by atoms with Crippen molar-refractivity contribution >= 4 is 30.9 Å². The van der Waals surface area contributed by atoms with Gasteiger partial charge in [0, 0.05) is 26.0 Å². The molecule has 1 saturated heterocycles. The Hall–Kier alpha value is -2.69. The zero-order valence-corrected chi connectivity index (χ0v) is 15.6. The maximum absolute atomic E-state index is 13.9. The largest absolute Gasteiger partial charge is 0.434 e. The molecule has 6 nitrogen and oxygen atoms in total. The number of nitrogens with one attached hydrogen (secondary N) is 2. The van der Waals surface area contributed by atoms with E-state index in [0.717, 1.165) is 19.0 Å². The molecule has 1 aliphatic rings. The van der Waals surface area contributed by atoms with Crippen LogP contribution in [0.25, 0.3) is 0 Å². The number of amides is 1. The van der Waals surface area contributed by atoms with Gasteiger partial charge in [0.25, 0.3) is 5.91 Å². The summed E-state index contributed by atoms with van der Waals surface area (Å²) in [7, 11) is 1.68. The summed E-state index contributed by atoms with van der Waals surface area (Å²) < 4.78 is 59.6. The number of hydrogen-bond acceptors (Lipinski definition) is 5. The van der Waals surface area contributed by atoms with E-state index in [1.807, 2.05) is 0 Å². The van der Waals surface area contributed by atoms with Gasteiger partial charge in [0.1, 0.15) is 13.7 Å². The Labute approximate surface area is 165 Å². The molecule has 1 aromatic carbocycles. The van der Waals surface area contributed by atoms with Crippen molar-refractivity contribution < 1.29 is 27.1 Å². The topological polar surface area (TPSA) is 76.1 Å². The molecule has 3 rings (SSSR count). The normalized spacial score (nSPS) is 15.2. The van der Waals surface area contributed by atoms with Crippen LogP contribution in [0.3, 0.4) is 0 Å². The molecular formula is C18H19BF4N4O2. The third kappa shape index (κ3) is 5.44. The second kappa shape index (κ2) is 8.77. The van der Waals surface area contributed by atoms with Crippen molar-refractivity contribution in [1.29, 1.82) is 0 Å². The van der Waals surface area contributed by atoms with E-state index in [2.05, 4.69) is 20.6 Å². The van der Waals surface area contributed by atoms with E-state index in [9.17, 15) is 22.4 Å². The molecule has 0 radical (unpaired) electrons. The average molecular weight is 410 g/mol. The zero-order chi connectivity index (χ0) is 21.0. The van der Waals surface area contributed by atoms with Crippen LogP contribution in [0.1, 0.15) is 28.9 Å². The Balaban J connectivity index is 1.79. The van der Waals surface area contributed by atoms with Crippen molar-refractivity contribution in [3.8, 4) is 0 Å². The number of hydrogen-bond donors (Lipinski definition) is 2. The standard InChI is InChI=1S/C18H19BF4N4O2/c19-11-1-2-14(13(20)7-11)26-17-25-9-12(15(27-17)18(21,22)23)16(28)24-8-10-3-5-29-6-4-10/h1-2,7,9-10H,3-6,8,19H2,(H,24,28)(H,25,26,27). The zero-order valence-electron chi connectivity index (χ0n) is 15.6. The summed E-state index contributed by atoms with van der Waals surface area (Å²) >= 11 is 0. The van der Waals surface area contributed by atoms with Crippen LogP contribution in [0.5, 0.6) is 0 Å². The molecule has 0 saturated carbocycles. The Morgan fingerprint density at radius 1 is 1.28 bits per heavy atom. The highest BCUT2D eigenvalue weighted by Crippen LogP contribution is 2.31. The Bertz CT molecular complexity index is 889. The number of halogens is 4. The molecule has 154 valence electrons. The molecule has 29 heavy (non-hydrogen) atoms. The predicted octanol–water partition coefficient (Wildman–Crippen LogP) is 1.79. The summed E-state index contributed by atoms with van der Waals surface area (Å²) in [5, 5.41) is 4.93. The van der Waals surface area contributed by atoms with E-state index < -0.39 is 35.1 Å². The van der Waals surface area contributed by atoms with Crippen LogP contribution in [-0.4, -0.2) is 43.5 Å². The molecule has 0 unspecified atom stereocenters. The quantitative estimate of drug-likeness (QED) is 0.581. The van der Waals surface area contributed by atoms with Gasteiger partial charge in [-0.05, 0) is 30.9 Å². The number of nitrogens with zero attached hydrogens (tertiary/aromatic N) is 2. The highest BCUT2D eigenvalue weighted by molar-refractivity contribution is 6.32. The van der Waals surface area contributed by atoms with Crippen molar-refractivity contribution in [3.05, 3.63) is 41.5 Å². The number of alkyl halides is 3. The molecule has 11 heteroatoms. The predicted molar refractivity (Wildman–Crippen MR) is 101 cm³/mol. The minimum atomic E-state index is -4.88. The lowest BCUT2D eigenvalue weighted by Gasteiger charge is -2.22. The molecule has 0 aliphatic carbocycles. The third-order valence-electron chi connectivity index (χ3n) is 4.57. The van der Waals surface area contributed by atoms with Gasteiger partial charge < -0.3 is 15.4 Å².